The van der Waals surface area contributed by atoms with E-state index >= 15 is 0 Å². The first-order valence-corrected chi connectivity index (χ1v) is 23.2. The predicted octanol–water partition coefficient (Wildman–Crippen LogP) is 2.05. The van der Waals surface area contributed by atoms with Crippen molar-refractivity contribution in [3.8, 4) is 5.75 Å². The average Bonchev–Trinajstić information content (AvgIpc) is 3.89. The van der Waals surface area contributed by atoms with Crippen LogP contribution in [0.5, 0.6) is 5.75 Å². The van der Waals surface area contributed by atoms with Gasteiger partial charge in [-0.1, -0.05) is 70.2 Å². The molecule has 0 aromatic heterocycles. The number of carbonyl (C=O) groups is 9. The Labute approximate surface area is 397 Å². The number of likely N-dealkylation sites (tertiary alicyclic amines) is 1. The molecule has 0 unspecified atom stereocenters. The Balaban J connectivity index is 1.54. The molecule has 2 aromatic carbocycles. The van der Waals surface area contributed by atoms with Gasteiger partial charge in [0.15, 0.2) is 0 Å². The van der Waals surface area contributed by atoms with Crippen LogP contribution in [0, 0.1) is 11.8 Å². The molecule has 2 fully saturated rings. The molecule has 68 heavy (non-hydrogen) atoms. The monoisotopic (exact) mass is 948 g/mol. The average molecular weight is 949 g/mol. The van der Waals surface area contributed by atoms with E-state index in [0.717, 1.165) is 5.56 Å². The van der Waals surface area contributed by atoms with E-state index in [-0.39, 0.29) is 76.1 Å². The summed E-state index contributed by atoms with van der Waals surface area (Å²) < 4.78 is 5.46. The number of hydrogen-bond donors (Lipinski definition) is 7. The highest BCUT2D eigenvalue weighted by Gasteiger charge is 2.41. The van der Waals surface area contributed by atoms with Crippen molar-refractivity contribution in [2.24, 2.45) is 17.6 Å². The molecule has 0 radical (unpaired) electrons. The van der Waals surface area contributed by atoms with Crippen LogP contribution in [0.25, 0.3) is 0 Å². The molecule has 6 atom stereocenters. The van der Waals surface area contributed by atoms with Crippen molar-refractivity contribution < 1.29 is 57.8 Å². The predicted molar refractivity (Wildman–Crippen MR) is 247 cm³/mol. The van der Waals surface area contributed by atoms with E-state index in [0.29, 0.717) is 17.0 Å². The summed E-state index contributed by atoms with van der Waals surface area (Å²) in [5.74, 6) is -6.64. The van der Waals surface area contributed by atoms with Gasteiger partial charge in [-0.15, -0.1) is 5.06 Å². The lowest BCUT2D eigenvalue weighted by atomic mass is 9.99. The molecule has 0 saturated carbocycles. The maximum atomic E-state index is 14.4. The third-order valence-corrected chi connectivity index (χ3v) is 11.2. The summed E-state index contributed by atoms with van der Waals surface area (Å²) in [5.41, 5.74) is 6.23. The maximum Gasteiger partial charge on any atom is 0.408 e. The van der Waals surface area contributed by atoms with Gasteiger partial charge < -0.3 is 51.9 Å². The number of nitrogens with one attached hydrogen (secondary N) is 5. The number of alkyl carbamates (subject to hydrolysis) is 1. The fraction of sp³-hybridized carbons (Fsp3) is 0.562. The zero-order valence-electron chi connectivity index (χ0n) is 40.0. The number of hydrogen-bond acceptors (Lipinski definition) is 13. The van der Waals surface area contributed by atoms with E-state index < -0.39 is 101 Å². The van der Waals surface area contributed by atoms with Crippen LogP contribution in [-0.2, 0) is 60.8 Å². The van der Waals surface area contributed by atoms with Gasteiger partial charge in [0, 0.05) is 32.2 Å². The zero-order valence-corrected chi connectivity index (χ0v) is 40.0. The second-order valence-electron chi connectivity index (χ2n) is 18.9. The Morgan fingerprint density at radius 3 is 1.93 bits per heavy atom. The van der Waals surface area contributed by atoms with Crippen molar-refractivity contribution >= 4 is 53.4 Å². The number of benzene rings is 2. The number of carbonyl (C=O) groups excluding carboxylic acids is 9. The maximum absolute atomic E-state index is 14.4. The molecule has 0 spiro atoms. The number of rotatable bonds is 22. The molecular weight excluding hydrogens is 881 g/mol. The second-order valence-corrected chi connectivity index (χ2v) is 18.9. The van der Waals surface area contributed by atoms with Gasteiger partial charge in [-0.2, -0.15) is 0 Å². The smallest absolute Gasteiger partial charge is 0.408 e. The van der Waals surface area contributed by atoms with Gasteiger partial charge in [-0.05, 0) is 94.5 Å². The van der Waals surface area contributed by atoms with Gasteiger partial charge in [-0.25, -0.2) is 9.59 Å². The number of phenols is 1. The second kappa shape index (κ2) is 25.0. The van der Waals surface area contributed by atoms with Gasteiger partial charge in [-0.3, -0.25) is 33.6 Å². The van der Waals surface area contributed by atoms with Crippen molar-refractivity contribution in [2.75, 3.05) is 13.1 Å². The number of amides is 8. The molecular formula is C48H68N8O12. The largest absolute Gasteiger partial charge is 0.508 e. The number of nitrogens with two attached hydrogens (primary N) is 1. The number of nitrogens with zero attached hydrogens (tertiary/aromatic N) is 2. The Kier molecular flexibility index (Phi) is 19.9. The summed E-state index contributed by atoms with van der Waals surface area (Å²) in [6.07, 6.45) is 0.0585. The van der Waals surface area contributed by atoms with Crippen LogP contribution in [0.3, 0.4) is 0 Å². The molecule has 2 aliphatic heterocycles. The molecule has 20 nitrogen and oxygen atoms in total. The van der Waals surface area contributed by atoms with Crippen molar-refractivity contribution in [2.45, 2.75) is 148 Å². The number of phenolic OH excluding ortho intramolecular Hbond substituents is 1. The van der Waals surface area contributed by atoms with Crippen LogP contribution in [0.2, 0.25) is 0 Å². The first-order chi connectivity index (χ1) is 32.1. The van der Waals surface area contributed by atoms with E-state index in [2.05, 4.69) is 26.6 Å². The summed E-state index contributed by atoms with van der Waals surface area (Å²) in [7, 11) is 0. The van der Waals surface area contributed by atoms with Gasteiger partial charge in [0.1, 0.15) is 47.6 Å². The molecule has 2 aliphatic rings. The minimum absolute atomic E-state index is 0.0297. The Morgan fingerprint density at radius 2 is 1.34 bits per heavy atom. The SMILES string of the molecule is CC(C)C[C@H](NC(=O)[C@H](CCCN)NC(=O)[C@@H](NC(=O)[C@H](Cc1ccc(O)cc1)NC(=O)[C@@H]1CCCN1C(=O)[C@H](Cc1ccccc1)NC(=O)OC(C)(C)C)C(C)C)C(=O)ON1C(=O)CCC1=O. The lowest BCUT2D eigenvalue weighted by Crippen LogP contribution is -2.60. The highest BCUT2D eigenvalue weighted by molar-refractivity contribution is 6.02. The zero-order chi connectivity index (χ0) is 50.3. The van der Waals surface area contributed by atoms with Gasteiger partial charge >= 0.3 is 12.1 Å². The van der Waals surface area contributed by atoms with Crippen LogP contribution < -0.4 is 32.3 Å². The van der Waals surface area contributed by atoms with Gasteiger partial charge in [0.25, 0.3) is 11.8 Å². The van der Waals surface area contributed by atoms with E-state index in [9.17, 15) is 48.3 Å². The first kappa shape index (κ1) is 54.0. The third-order valence-electron chi connectivity index (χ3n) is 11.2. The first-order valence-electron chi connectivity index (χ1n) is 23.2. The van der Waals surface area contributed by atoms with Crippen LogP contribution in [0.1, 0.15) is 105 Å². The van der Waals surface area contributed by atoms with E-state index in [1.807, 2.05) is 18.2 Å². The summed E-state index contributed by atoms with van der Waals surface area (Å²) >= 11 is 0. The van der Waals surface area contributed by atoms with Crippen molar-refractivity contribution in [1.82, 2.24) is 36.5 Å². The van der Waals surface area contributed by atoms with E-state index in [1.54, 1.807) is 72.7 Å². The normalized spacial score (nSPS) is 17.2. The molecule has 20 heteroatoms. The van der Waals surface area contributed by atoms with Crippen molar-refractivity contribution in [1.29, 1.82) is 0 Å². The Hall–Kier alpha value is -6.57. The molecule has 0 bridgehead atoms. The number of imide groups is 1. The molecule has 2 saturated heterocycles. The fourth-order valence-corrected chi connectivity index (χ4v) is 7.76. The summed E-state index contributed by atoms with van der Waals surface area (Å²) in [5, 5.41) is 23.9. The minimum atomic E-state index is -1.31. The van der Waals surface area contributed by atoms with Crippen LogP contribution in [0.4, 0.5) is 4.79 Å². The van der Waals surface area contributed by atoms with Crippen molar-refractivity contribution in [3.05, 3.63) is 65.7 Å². The Morgan fingerprint density at radius 1 is 0.750 bits per heavy atom. The van der Waals surface area contributed by atoms with E-state index in [4.69, 9.17) is 15.3 Å². The van der Waals surface area contributed by atoms with E-state index in [1.165, 1.54) is 17.0 Å². The van der Waals surface area contributed by atoms with Crippen LogP contribution in [-0.4, -0.2) is 123 Å². The summed E-state index contributed by atoms with van der Waals surface area (Å²) in [6.45, 7) is 12.3. The van der Waals surface area contributed by atoms with Gasteiger partial charge in [0.05, 0.1) is 0 Å². The van der Waals surface area contributed by atoms with Crippen molar-refractivity contribution in [3.63, 3.8) is 0 Å². The minimum Gasteiger partial charge on any atom is -0.508 e. The standard InChI is InChI=1S/C48H68N8O12/c1-28(2)25-36(46(65)68-56-38(58)21-22-39(56)59)52-41(60)33(15-11-23-49)50-44(63)40(29(3)4)54-42(61)34(26-31-17-19-32(57)20-18-31)51-43(62)37-16-12-24-55(37)45(64)35(27-30-13-9-8-10-14-30)53-47(66)67-48(5,6)7/h8-10,13-14,17-20,28-29,33-37,40,57H,11-12,15-16,21-27,49H2,1-7H3,(H,50,63)(H,51,62)(H,52,60)(H,53,66)(H,54,61)/t33-,34-,35-,36-,37-,40-/m0/s1. The highest BCUT2D eigenvalue weighted by atomic mass is 16.7. The molecule has 372 valence electrons. The third kappa shape index (κ3) is 16.3. The Bertz CT molecular complexity index is 2090. The molecule has 2 heterocycles. The van der Waals surface area contributed by atoms with Gasteiger partial charge in [0.2, 0.25) is 29.5 Å². The molecule has 2 aromatic rings. The molecule has 8 N–H and O–H groups in total. The lowest BCUT2D eigenvalue weighted by molar-refractivity contribution is -0.199. The topological polar surface area (TPSA) is 285 Å². The highest BCUT2D eigenvalue weighted by Crippen LogP contribution is 2.22. The quantitative estimate of drug-likeness (QED) is 0.0834. The molecule has 0 aliphatic carbocycles. The molecule has 8 amide bonds. The molecule has 4 rings (SSSR count). The fourth-order valence-electron chi connectivity index (χ4n) is 7.76. The summed E-state index contributed by atoms with van der Waals surface area (Å²) in [6, 6.07) is 7.77. The van der Waals surface area contributed by atoms with Crippen LogP contribution >= 0.6 is 0 Å². The van der Waals surface area contributed by atoms with Crippen LogP contribution in [0.15, 0.2) is 54.6 Å². The number of hydroxylamine groups is 2. The number of aromatic hydroxyl groups is 1. The number of ether oxygens (including phenoxy) is 1. The summed E-state index contributed by atoms with van der Waals surface area (Å²) in [4.78, 5) is 128. The lowest BCUT2D eigenvalue weighted by Gasteiger charge is -2.31.